The molecule has 0 spiro atoms. The minimum absolute atomic E-state index is 0. The summed E-state index contributed by atoms with van der Waals surface area (Å²) in [6.45, 7) is 5.56. The molecular weight excluding hydrogens is 302 g/mol. The number of carbonyl (C=O) groups is 1. The van der Waals surface area contributed by atoms with E-state index in [2.05, 4.69) is 5.32 Å². The largest absolute Gasteiger partial charge is 0.370 e. The van der Waals surface area contributed by atoms with Crippen LogP contribution in [0.5, 0.6) is 0 Å². The van der Waals surface area contributed by atoms with E-state index < -0.39 is 0 Å². The van der Waals surface area contributed by atoms with Crippen LogP contribution in [0, 0.1) is 0 Å². The minimum Gasteiger partial charge on any atom is -0.370 e. The van der Waals surface area contributed by atoms with E-state index in [1.807, 2.05) is 13.8 Å². The van der Waals surface area contributed by atoms with Gasteiger partial charge >= 0.3 is 0 Å². The zero-order chi connectivity index (χ0) is 7.11. The second kappa shape index (κ2) is 9.12. The van der Waals surface area contributed by atoms with E-state index in [9.17, 15) is 4.79 Å². The zero-order valence-corrected chi connectivity index (χ0v) is 9.28. The Labute approximate surface area is 75.8 Å². The minimum atomic E-state index is -0.00810. The molecule has 0 atom stereocenters. The van der Waals surface area contributed by atoms with E-state index in [0.29, 0.717) is 13.2 Å². The summed E-state index contributed by atoms with van der Waals surface area (Å²) in [4.78, 5) is 10.2. The summed E-state index contributed by atoms with van der Waals surface area (Å²) in [7, 11) is 0. The summed E-state index contributed by atoms with van der Waals surface area (Å²) >= 11 is 0. The number of hydrogen-bond acceptors (Lipinski definition) is 2. The Morgan fingerprint density at radius 2 is 2.10 bits per heavy atom. The smallest absolute Gasteiger partial charge is 0.246 e. The third-order valence-electron chi connectivity index (χ3n) is 0.802. The normalized spacial score (nSPS) is 15.6. The first-order chi connectivity index (χ1) is 4.39. The summed E-state index contributed by atoms with van der Waals surface area (Å²) in [6.07, 6.45) is 0. The van der Waals surface area contributed by atoms with Gasteiger partial charge in [-0.2, -0.15) is 0 Å². The van der Waals surface area contributed by atoms with Crippen molar-refractivity contribution < 1.29 is 30.6 Å². The molecule has 1 aliphatic heterocycles. The van der Waals surface area contributed by atoms with Crippen LogP contribution in [0.1, 0.15) is 13.8 Å². The third-order valence-corrected chi connectivity index (χ3v) is 0.802. The molecule has 1 fully saturated rings. The van der Waals surface area contributed by atoms with E-state index in [4.69, 9.17) is 4.74 Å². The number of nitrogens with one attached hydrogen (secondary N) is 1. The fourth-order valence-electron chi connectivity index (χ4n) is 0.479. The molecule has 0 aromatic rings. The van der Waals surface area contributed by atoms with Crippen LogP contribution in [0.3, 0.4) is 0 Å². The second-order valence-electron chi connectivity index (χ2n) is 1.40. The topological polar surface area (TPSA) is 38.3 Å². The molecule has 1 aliphatic rings. The average Bonchev–Trinajstić information content (AvgIpc) is 1.94. The van der Waals surface area contributed by atoms with Crippen molar-refractivity contribution in [2.24, 2.45) is 0 Å². The molecule has 1 rings (SSSR count). The van der Waals surface area contributed by atoms with Crippen molar-refractivity contribution >= 4 is 5.91 Å². The fourth-order valence-corrected chi connectivity index (χ4v) is 0.479. The van der Waals surface area contributed by atoms with Crippen LogP contribution in [-0.4, -0.2) is 25.7 Å². The van der Waals surface area contributed by atoms with Crippen molar-refractivity contribution in [3.05, 3.63) is 0 Å². The van der Waals surface area contributed by atoms with Crippen LogP contribution in [0.15, 0.2) is 0 Å². The van der Waals surface area contributed by atoms with Crippen LogP contribution in [0.4, 0.5) is 0 Å². The Kier molecular flexibility index (Phi) is 11.6. The number of hydrogen-bond donors (Lipinski definition) is 1. The van der Waals surface area contributed by atoms with Gasteiger partial charge in [-0.1, -0.05) is 13.8 Å². The van der Waals surface area contributed by atoms with Gasteiger partial charge < -0.3 is 10.1 Å². The maximum absolute atomic E-state index is 10.2. The molecule has 0 aromatic carbocycles. The van der Waals surface area contributed by atoms with E-state index in [1.165, 1.54) is 0 Å². The molecule has 1 heterocycles. The predicted octanol–water partition coefficient (Wildman–Crippen LogP) is 0.156. The van der Waals surface area contributed by atoms with Gasteiger partial charge in [-0.3, -0.25) is 4.79 Å². The first-order valence-electron chi connectivity index (χ1n) is 3.24. The quantitative estimate of drug-likeness (QED) is 0.691. The van der Waals surface area contributed by atoms with Crippen molar-refractivity contribution in [3.8, 4) is 0 Å². The van der Waals surface area contributed by atoms with E-state index in [1.54, 1.807) is 0 Å². The molecule has 0 unspecified atom stereocenters. The van der Waals surface area contributed by atoms with Gasteiger partial charge in [-0.25, -0.2) is 0 Å². The fraction of sp³-hybridized carbons (Fsp3) is 0.833. The Morgan fingerprint density at radius 3 is 2.30 bits per heavy atom. The van der Waals surface area contributed by atoms with Gasteiger partial charge in [0, 0.05) is 27.6 Å². The van der Waals surface area contributed by atoms with Crippen molar-refractivity contribution in [1.29, 1.82) is 0 Å². The molecule has 1 amide bonds. The number of morpholine rings is 1. The number of rotatable bonds is 0. The maximum Gasteiger partial charge on any atom is 0.246 e. The van der Waals surface area contributed by atoms with Gasteiger partial charge in [0.25, 0.3) is 0 Å². The first kappa shape index (κ1) is 12.8. The van der Waals surface area contributed by atoms with Crippen LogP contribution < -0.4 is 5.32 Å². The van der Waals surface area contributed by atoms with E-state index >= 15 is 0 Å². The number of amides is 1. The summed E-state index contributed by atoms with van der Waals surface area (Å²) in [6, 6.07) is 0. The number of ether oxygens (including phenoxy) is 1. The van der Waals surface area contributed by atoms with Crippen LogP contribution in [0.2, 0.25) is 0 Å². The molecule has 3 nitrogen and oxygen atoms in total. The Balaban J connectivity index is 0. The van der Waals surface area contributed by atoms with Crippen molar-refractivity contribution in [2.45, 2.75) is 13.8 Å². The first-order valence-corrected chi connectivity index (χ1v) is 3.24. The zero-order valence-electron chi connectivity index (χ0n) is 6.35. The predicted molar refractivity (Wildman–Crippen MR) is 35.2 cm³/mol. The van der Waals surface area contributed by atoms with Gasteiger partial charge in [0.1, 0.15) is 6.61 Å². The summed E-state index contributed by atoms with van der Waals surface area (Å²) < 4.78 is 4.77. The van der Waals surface area contributed by atoms with E-state index in [0.717, 1.165) is 0 Å². The molecule has 0 aliphatic carbocycles. The molecule has 0 bridgehead atoms. The Morgan fingerprint density at radius 1 is 1.50 bits per heavy atom. The maximum atomic E-state index is 10.2. The molecule has 0 aromatic heterocycles. The van der Waals surface area contributed by atoms with Gasteiger partial charge in [-0.15, -0.1) is 0 Å². The summed E-state index contributed by atoms with van der Waals surface area (Å²) in [5.74, 6) is -0.00810. The molecular formula is C6H13NO2W. The Hall–Kier alpha value is 0.118. The van der Waals surface area contributed by atoms with Crippen LogP contribution in [-0.2, 0) is 30.6 Å². The van der Waals surface area contributed by atoms with Gasteiger partial charge in [0.15, 0.2) is 0 Å². The van der Waals surface area contributed by atoms with Crippen LogP contribution in [0.25, 0.3) is 0 Å². The second-order valence-corrected chi connectivity index (χ2v) is 1.40. The summed E-state index contributed by atoms with van der Waals surface area (Å²) in [5.41, 5.74) is 0. The molecule has 1 saturated heterocycles. The van der Waals surface area contributed by atoms with Gasteiger partial charge in [0.05, 0.1) is 6.61 Å². The standard InChI is InChI=1S/C4H7NO2.C2H6.W/c6-4-3-7-2-1-5-4;1-2;/h1-3H2,(H,5,6);1-2H3;. The Bertz CT molecular complexity index is 79.8. The molecule has 1 N–H and O–H groups in total. The monoisotopic (exact) mass is 315 g/mol. The van der Waals surface area contributed by atoms with Crippen molar-refractivity contribution in [1.82, 2.24) is 5.32 Å². The molecule has 0 saturated carbocycles. The van der Waals surface area contributed by atoms with Gasteiger partial charge in [-0.05, 0) is 0 Å². The average molecular weight is 315 g/mol. The molecule has 0 radical (unpaired) electrons. The molecule has 4 heteroatoms. The third kappa shape index (κ3) is 6.24. The van der Waals surface area contributed by atoms with Crippen LogP contribution >= 0.6 is 0 Å². The molecule has 10 heavy (non-hydrogen) atoms. The van der Waals surface area contributed by atoms with Gasteiger partial charge in [0.2, 0.25) is 5.91 Å². The SMILES string of the molecule is CC.O=C1COCCN1.[W]. The van der Waals surface area contributed by atoms with Crippen molar-refractivity contribution in [3.63, 3.8) is 0 Å². The van der Waals surface area contributed by atoms with Crippen molar-refractivity contribution in [2.75, 3.05) is 19.8 Å². The number of carbonyl (C=O) groups excluding carboxylic acids is 1. The summed E-state index contributed by atoms with van der Waals surface area (Å²) in [5, 5.41) is 2.62. The van der Waals surface area contributed by atoms with E-state index in [-0.39, 0.29) is 33.6 Å². The molecule has 60 valence electrons.